The molecule has 1 aromatic heterocycles. The minimum absolute atomic E-state index is 0.194. The summed E-state index contributed by atoms with van der Waals surface area (Å²) in [4.78, 5) is 15.9. The molecule has 23 heavy (non-hydrogen) atoms. The van der Waals surface area contributed by atoms with Gasteiger partial charge in [0.15, 0.2) is 0 Å². The Morgan fingerprint density at radius 2 is 2.26 bits per heavy atom. The van der Waals surface area contributed by atoms with E-state index in [1.165, 1.54) is 0 Å². The van der Waals surface area contributed by atoms with E-state index in [-0.39, 0.29) is 5.91 Å². The number of nitrogens with zero attached hydrogens (tertiary/aromatic N) is 4. The molecule has 126 valence electrons. The summed E-state index contributed by atoms with van der Waals surface area (Å²) < 4.78 is 7.36. The van der Waals surface area contributed by atoms with Crippen LogP contribution in [0.15, 0.2) is 12.4 Å². The van der Waals surface area contributed by atoms with Crippen LogP contribution in [-0.4, -0.2) is 70.7 Å². The van der Waals surface area contributed by atoms with Crippen LogP contribution in [0.1, 0.15) is 31.7 Å². The SMILES string of the molecule is O=C1CCCN1c1cnn(C2CN(CC3(O)CCCOC3)C2)c1. The molecule has 1 aromatic rings. The van der Waals surface area contributed by atoms with Crippen molar-refractivity contribution in [3.8, 4) is 0 Å². The highest BCUT2D eigenvalue weighted by Gasteiger charge is 2.38. The fourth-order valence-corrected chi connectivity index (χ4v) is 3.81. The molecule has 0 radical (unpaired) electrons. The van der Waals surface area contributed by atoms with Crippen molar-refractivity contribution in [2.75, 3.05) is 44.3 Å². The Hall–Kier alpha value is -1.44. The van der Waals surface area contributed by atoms with E-state index in [0.29, 0.717) is 25.6 Å². The summed E-state index contributed by atoms with van der Waals surface area (Å²) in [5.74, 6) is 0.194. The molecule has 1 N–H and O–H groups in total. The zero-order chi connectivity index (χ0) is 15.9. The minimum atomic E-state index is -0.694. The number of ether oxygens (including phenoxy) is 1. The highest BCUT2D eigenvalue weighted by molar-refractivity contribution is 5.95. The number of anilines is 1. The maximum absolute atomic E-state index is 11.8. The monoisotopic (exact) mass is 320 g/mol. The summed E-state index contributed by atoms with van der Waals surface area (Å²) in [7, 11) is 0. The standard InChI is InChI=1S/C16H24N4O3/c21-15-3-1-5-19(15)13-7-17-20(10-13)14-8-18(9-14)11-16(22)4-2-6-23-12-16/h7,10,14,22H,1-6,8-9,11-12H2. The van der Waals surface area contributed by atoms with Crippen LogP contribution < -0.4 is 4.90 Å². The Balaban J connectivity index is 1.32. The van der Waals surface area contributed by atoms with E-state index in [1.807, 2.05) is 15.8 Å². The van der Waals surface area contributed by atoms with Gasteiger partial charge in [0, 0.05) is 45.4 Å². The Bertz CT molecular complexity index is 576. The lowest BCUT2D eigenvalue weighted by molar-refractivity contribution is -0.117. The van der Waals surface area contributed by atoms with E-state index in [9.17, 15) is 9.90 Å². The third kappa shape index (κ3) is 3.00. The molecule has 0 aromatic carbocycles. The van der Waals surface area contributed by atoms with Gasteiger partial charge < -0.3 is 14.7 Å². The highest BCUT2D eigenvalue weighted by Crippen LogP contribution is 2.28. The molecule has 1 amide bonds. The summed E-state index contributed by atoms with van der Waals surface area (Å²) in [6.07, 6.45) is 7.08. The van der Waals surface area contributed by atoms with Gasteiger partial charge in [0.1, 0.15) is 5.60 Å². The van der Waals surface area contributed by atoms with E-state index < -0.39 is 5.60 Å². The van der Waals surface area contributed by atoms with Crippen molar-refractivity contribution in [3.63, 3.8) is 0 Å². The van der Waals surface area contributed by atoms with Crippen LogP contribution in [0.2, 0.25) is 0 Å². The molecule has 7 heteroatoms. The second kappa shape index (κ2) is 5.89. The third-order valence-corrected chi connectivity index (χ3v) is 5.10. The summed E-state index contributed by atoms with van der Waals surface area (Å²) in [6.45, 7) is 4.44. The van der Waals surface area contributed by atoms with Crippen molar-refractivity contribution < 1.29 is 14.6 Å². The Morgan fingerprint density at radius 1 is 1.39 bits per heavy atom. The van der Waals surface area contributed by atoms with Crippen molar-refractivity contribution in [2.45, 2.75) is 37.3 Å². The molecule has 0 bridgehead atoms. The first kappa shape index (κ1) is 15.1. The Morgan fingerprint density at radius 3 is 2.96 bits per heavy atom. The minimum Gasteiger partial charge on any atom is -0.386 e. The number of amides is 1. The number of hydrogen-bond donors (Lipinski definition) is 1. The average Bonchev–Trinajstić information content (AvgIpc) is 3.12. The van der Waals surface area contributed by atoms with Gasteiger partial charge in [-0.25, -0.2) is 0 Å². The number of aliphatic hydroxyl groups is 1. The van der Waals surface area contributed by atoms with E-state index in [1.54, 1.807) is 6.20 Å². The van der Waals surface area contributed by atoms with E-state index in [4.69, 9.17) is 4.74 Å². The number of rotatable bonds is 4. The fourth-order valence-electron chi connectivity index (χ4n) is 3.81. The van der Waals surface area contributed by atoms with Crippen LogP contribution in [0.25, 0.3) is 0 Å². The van der Waals surface area contributed by atoms with Crippen molar-refractivity contribution in [3.05, 3.63) is 12.4 Å². The number of carbonyl (C=O) groups is 1. The van der Waals surface area contributed by atoms with Gasteiger partial charge >= 0.3 is 0 Å². The van der Waals surface area contributed by atoms with Gasteiger partial charge in [-0.1, -0.05) is 0 Å². The molecule has 3 aliphatic heterocycles. The molecule has 1 atom stereocenters. The van der Waals surface area contributed by atoms with Crippen LogP contribution in [0.4, 0.5) is 5.69 Å². The first-order valence-corrected chi connectivity index (χ1v) is 8.50. The maximum Gasteiger partial charge on any atom is 0.227 e. The van der Waals surface area contributed by atoms with E-state index in [2.05, 4.69) is 10.00 Å². The van der Waals surface area contributed by atoms with Gasteiger partial charge in [0.2, 0.25) is 5.91 Å². The predicted molar refractivity (Wildman–Crippen MR) is 84.3 cm³/mol. The number of likely N-dealkylation sites (tertiary alicyclic amines) is 1. The molecule has 0 saturated carbocycles. The van der Waals surface area contributed by atoms with Crippen molar-refractivity contribution in [2.24, 2.45) is 0 Å². The summed E-state index contributed by atoms with van der Waals surface area (Å²) in [5, 5.41) is 14.9. The van der Waals surface area contributed by atoms with Gasteiger partial charge in [-0.05, 0) is 19.3 Å². The fraction of sp³-hybridized carbons (Fsp3) is 0.750. The lowest BCUT2D eigenvalue weighted by Gasteiger charge is -2.44. The molecular formula is C16H24N4O3. The maximum atomic E-state index is 11.8. The smallest absolute Gasteiger partial charge is 0.227 e. The molecule has 4 heterocycles. The Labute approximate surface area is 135 Å². The van der Waals surface area contributed by atoms with Crippen LogP contribution in [0.5, 0.6) is 0 Å². The quantitative estimate of drug-likeness (QED) is 0.870. The molecule has 3 saturated heterocycles. The third-order valence-electron chi connectivity index (χ3n) is 5.10. The molecule has 3 aliphatic rings. The first-order valence-electron chi connectivity index (χ1n) is 8.50. The summed E-state index contributed by atoms with van der Waals surface area (Å²) in [6, 6.07) is 0.328. The lowest BCUT2D eigenvalue weighted by atomic mass is 9.94. The predicted octanol–water partition coefficient (Wildman–Crippen LogP) is 0.408. The van der Waals surface area contributed by atoms with E-state index in [0.717, 1.165) is 51.2 Å². The number of carbonyl (C=O) groups excluding carboxylic acids is 1. The van der Waals surface area contributed by atoms with Crippen molar-refractivity contribution in [1.29, 1.82) is 0 Å². The number of β-amino-alcohol motifs (C(OH)–C–C–N with tert-alkyl or cyclic N) is 1. The zero-order valence-electron chi connectivity index (χ0n) is 13.4. The first-order chi connectivity index (χ1) is 11.1. The normalized spacial score (nSPS) is 30.0. The number of aromatic nitrogens is 2. The number of hydrogen-bond acceptors (Lipinski definition) is 5. The topological polar surface area (TPSA) is 70.8 Å². The van der Waals surface area contributed by atoms with Crippen molar-refractivity contribution in [1.82, 2.24) is 14.7 Å². The molecule has 7 nitrogen and oxygen atoms in total. The van der Waals surface area contributed by atoms with Crippen LogP contribution in [0, 0.1) is 0 Å². The largest absolute Gasteiger partial charge is 0.386 e. The highest BCUT2D eigenvalue weighted by atomic mass is 16.5. The van der Waals surface area contributed by atoms with Gasteiger partial charge in [0.05, 0.1) is 24.5 Å². The second-order valence-corrected chi connectivity index (χ2v) is 7.06. The summed E-state index contributed by atoms with van der Waals surface area (Å²) in [5.41, 5.74) is 0.214. The van der Waals surface area contributed by atoms with Crippen LogP contribution in [0.3, 0.4) is 0 Å². The molecule has 0 spiro atoms. The average molecular weight is 320 g/mol. The molecule has 1 unspecified atom stereocenters. The molecule has 0 aliphatic carbocycles. The van der Waals surface area contributed by atoms with Gasteiger partial charge in [-0.3, -0.25) is 14.4 Å². The van der Waals surface area contributed by atoms with Crippen molar-refractivity contribution >= 4 is 11.6 Å². The second-order valence-electron chi connectivity index (χ2n) is 7.06. The van der Waals surface area contributed by atoms with Crippen LogP contribution in [-0.2, 0) is 9.53 Å². The lowest BCUT2D eigenvalue weighted by Crippen LogP contribution is -2.56. The van der Waals surface area contributed by atoms with Gasteiger partial charge in [-0.2, -0.15) is 5.10 Å². The molecule has 4 rings (SSSR count). The van der Waals surface area contributed by atoms with E-state index >= 15 is 0 Å². The molecule has 3 fully saturated rings. The zero-order valence-corrected chi connectivity index (χ0v) is 13.4. The van der Waals surface area contributed by atoms with Gasteiger partial charge in [-0.15, -0.1) is 0 Å². The van der Waals surface area contributed by atoms with Gasteiger partial charge in [0.25, 0.3) is 0 Å². The van der Waals surface area contributed by atoms with Crippen LogP contribution >= 0.6 is 0 Å². The Kier molecular flexibility index (Phi) is 3.87. The summed E-state index contributed by atoms with van der Waals surface area (Å²) >= 11 is 0. The molecular weight excluding hydrogens is 296 g/mol.